The second-order valence-electron chi connectivity index (χ2n) is 9.55. The van der Waals surface area contributed by atoms with Gasteiger partial charge in [0.05, 0.1) is 11.3 Å². The van der Waals surface area contributed by atoms with Gasteiger partial charge in [0.2, 0.25) is 11.8 Å². The van der Waals surface area contributed by atoms with Gasteiger partial charge in [0.25, 0.3) is 5.91 Å². The Balaban J connectivity index is 1.27. The number of hydrogen-bond acceptors (Lipinski definition) is 6. The zero-order valence-corrected chi connectivity index (χ0v) is 20.9. The maximum absolute atomic E-state index is 13.5. The van der Waals surface area contributed by atoms with Crippen molar-refractivity contribution in [1.29, 1.82) is 0 Å². The van der Waals surface area contributed by atoms with E-state index in [0.717, 1.165) is 35.9 Å². The first kappa shape index (κ1) is 27.3. The lowest BCUT2D eigenvalue weighted by atomic mass is 9.81. The highest BCUT2D eigenvalue weighted by Gasteiger charge is 2.39. The van der Waals surface area contributed by atoms with E-state index in [1.807, 2.05) is 13.8 Å². The lowest BCUT2D eigenvalue weighted by Gasteiger charge is -2.25. The van der Waals surface area contributed by atoms with Crippen LogP contribution >= 0.6 is 0 Å². The highest BCUT2D eigenvalue weighted by atomic mass is 19.4. The second kappa shape index (κ2) is 11.3. The van der Waals surface area contributed by atoms with Crippen molar-refractivity contribution in [1.82, 2.24) is 30.6 Å². The normalized spacial score (nSPS) is 18.0. The van der Waals surface area contributed by atoms with E-state index < -0.39 is 29.2 Å². The summed E-state index contributed by atoms with van der Waals surface area (Å²) in [4.78, 5) is 29.5. The van der Waals surface area contributed by atoms with E-state index in [-0.39, 0.29) is 42.4 Å². The second-order valence-corrected chi connectivity index (χ2v) is 9.55. The minimum Gasteiger partial charge on any atom is -0.354 e. The number of alkyl halides is 3. The van der Waals surface area contributed by atoms with E-state index in [1.165, 1.54) is 12.1 Å². The number of aromatic nitrogens is 4. The Bertz CT molecular complexity index is 1260. The number of nitrogens with zero attached hydrogens (tertiary/aromatic N) is 4. The van der Waals surface area contributed by atoms with Crippen molar-refractivity contribution in [2.24, 2.45) is 5.92 Å². The first-order valence-corrected chi connectivity index (χ1v) is 12.3. The van der Waals surface area contributed by atoms with Crippen molar-refractivity contribution in [3.05, 3.63) is 59.3 Å². The molecule has 1 aromatic carbocycles. The quantitative estimate of drug-likeness (QED) is 0.327. The highest BCUT2D eigenvalue weighted by Crippen LogP contribution is 2.35. The molecule has 0 saturated heterocycles. The third kappa shape index (κ3) is 6.37. The molecule has 13 heteroatoms. The molecule has 2 amide bonds. The van der Waals surface area contributed by atoms with Gasteiger partial charge in [-0.25, -0.2) is 9.07 Å². The van der Waals surface area contributed by atoms with E-state index in [0.29, 0.717) is 24.6 Å². The van der Waals surface area contributed by atoms with Crippen LogP contribution in [-0.2, 0) is 11.0 Å². The van der Waals surface area contributed by atoms with Gasteiger partial charge in [0, 0.05) is 37.0 Å². The molecule has 4 rings (SSSR count). The van der Waals surface area contributed by atoms with Crippen LogP contribution in [0.3, 0.4) is 0 Å². The molecule has 204 valence electrons. The SMILES string of the molecule is CC(C)c1nc(C2CCC(C(=O)NCCNC(=O)c3cn(-c4ccc(F)cc4)nc3C(F)(F)F)CC2)no1. The van der Waals surface area contributed by atoms with Gasteiger partial charge in [-0.2, -0.15) is 23.3 Å². The van der Waals surface area contributed by atoms with E-state index in [9.17, 15) is 27.2 Å². The Hall–Kier alpha value is -3.77. The average molecular weight is 537 g/mol. The van der Waals surface area contributed by atoms with Gasteiger partial charge in [0.1, 0.15) is 5.82 Å². The van der Waals surface area contributed by atoms with Gasteiger partial charge in [0.15, 0.2) is 11.5 Å². The highest BCUT2D eigenvalue weighted by molar-refractivity contribution is 5.95. The third-order valence-electron chi connectivity index (χ3n) is 6.44. The van der Waals surface area contributed by atoms with Gasteiger partial charge in [-0.15, -0.1) is 0 Å². The number of carbonyl (C=O) groups excluding carboxylic acids is 2. The molecule has 0 atom stereocenters. The Morgan fingerprint density at radius 2 is 1.74 bits per heavy atom. The summed E-state index contributed by atoms with van der Waals surface area (Å²) in [5, 5.41) is 12.7. The minimum atomic E-state index is -4.87. The average Bonchev–Trinajstić information content (AvgIpc) is 3.55. The van der Waals surface area contributed by atoms with E-state index in [1.54, 1.807) is 0 Å². The Morgan fingerprint density at radius 1 is 1.08 bits per heavy atom. The Labute approximate surface area is 216 Å². The van der Waals surface area contributed by atoms with Crippen LogP contribution < -0.4 is 10.6 Å². The first-order chi connectivity index (χ1) is 18.0. The molecular weight excluding hydrogens is 508 g/mol. The number of carbonyl (C=O) groups is 2. The van der Waals surface area contributed by atoms with Gasteiger partial charge in [-0.1, -0.05) is 19.0 Å². The van der Waals surface area contributed by atoms with Crippen molar-refractivity contribution >= 4 is 11.8 Å². The van der Waals surface area contributed by atoms with Crippen LogP contribution in [0.2, 0.25) is 0 Å². The predicted molar refractivity (Wildman–Crippen MR) is 127 cm³/mol. The first-order valence-electron chi connectivity index (χ1n) is 12.3. The summed E-state index contributed by atoms with van der Waals surface area (Å²) in [6.07, 6.45) is -1.16. The molecule has 1 aliphatic carbocycles. The monoisotopic (exact) mass is 536 g/mol. The van der Waals surface area contributed by atoms with Crippen molar-refractivity contribution in [2.45, 2.75) is 57.5 Å². The fourth-order valence-electron chi connectivity index (χ4n) is 4.34. The summed E-state index contributed by atoms with van der Waals surface area (Å²) in [6.45, 7) is 3.93. The molecule has 3 aromatic rings. The molecule has 0 radical (unpaired) electrons. The minimum absolute atomic E-state index is 0.0561. The van der Waals surface area contributed by atoms with E-state index >= 15 is 0 Å². The van der Waals surface area contributed by atoms with Gasteiger partial charge in [-0.3, -0.25) is 9.59 Å². The van der Waals surface area contributed by atoms with Crippen LogP contribution in [0, 0.1) is 11.7 Å². The summed E-state index contributed by atoms with van der Waals surface area (Å²) in [7, 11) is 0. The van der Waals surface area contributed by atoms with E-state index in [4.69, 9.17) is 4.52 Å². The Kier molecular flexibility index (Phi) is 8.12. The summed E-state index contributed by atoms with van der Waals surface area (Å²) in [6, 6.07) is 4.65. The third-order valence-corrected chi connectivity index (χ3v) is 6.44. The largest absolute Gasteiger partial charge is 0.435 e. The Morgan fingerprint density at radius 3 is 2.34 bits per heavy atom. The molecule has 38 heavy (non-hydrogen) atoms. The van der Waals surface area contributed by atoms with Crippen LogP contribution in [0.1, 0.15) is 79.1 Å². The number of rotatable bonds is 8. The lowest BCUT2D eigenvalue weighted by Crippen LogP contribution is -2.38. The molecule has 1 fully saturated rings. The lowest BCUT2D eigenvalue weighted by molar-refractivity contribution is -0.141. The summed E-state index contributed by atoms with van der Waals surface area (Å²) < 4.78 is 59.8. The molecule has 1 aliphatic rings. The zero-order valence-electron chi connectivity index (χ0n) is 20.9. The fourth-order valence-corrected chi connectivity index (χ4v) is 4.34. The van der Waals surface area contributed by atoms with E-state index in [2.05, 4.69) is 25.9 Å². The standard InChI is InChI=1S/C25H28F4N6O3/c1-14(2)24-32-21(34-38-24)15-3-5-16(6-4-15)22(36)30-11-12-31-23(37)19-13-35(33-20(19)25(27,28)29)18-9-7-17(26)8-10-18/h7-10,13-16H,3-6,11-12H2,1-2H3,(H,30,36)(H,31,37). The summed E-state index contributed by atoms with van der Waals surface area (Å²) in [5.41, 5.74) is -1.87. The molecule has 2 heterocycles. The van der Waals surface area contributed by atoms with Crippen LogP contribution in [0.15, 0.2) is 35.0 Å². The molecule has 0 spiro atoms. The van der Waals surface area contributed by atoms with Crippen molar-refractivity contribution in [2.75, 3.05) is 13.1 Å². The fraction of sp³-hybridized carbons (Fsp3) is 0.480. The molecule has 9 nitrogen and oxygen atoms in total. The van der Waals surface area contributed by atoms with Crippen LogP contribution in [0.4, 0.5) is 17.6 Å². The van der Waals surface area contributed by atoms with Crippen molar-refractivity contribution in [3.8, 4) is 5.69 Å². The number of benzene rings is 1. The molecule has 1 saturated carbocycles. The molecular formula is C25H28F4N6O3. The van der Waals surface area contributed by atoms with Gasteiger partial charge >= 0.3 is 6.18 Å². The number of halogens is 4. The van der Waals surface area contributed by atoms with Crippen LogP contribution in [0.5, 0.6) is 0 Å². The predicted octanol–water partition coefficient (Wildman–Crippen LogP) is 4.36. The molecule has 0 unspecified atom stereocenters. The number of nitrogens with one attached hydrogen (secondary N) is 2. The van der Waals surface area contributed by atoms with Crippen LogP contribution in [0.25, 0.3) is 5.69 Å². The maximum Gasteiger partial charge on any atom is 0.435 e. The molecule has 0 aliphatic heterocycles. The zero-order chi connectivity index (χ0) is 27.4. The smallest absolute Gasteiger partial charge is 0.354 e. The molecule has 0 bridgehead atoms. The molecule has 2 N–H and O–H groups in total. The summed E-state index contributed by atoms with van der Waals surface area (Å²) >= 11 is 0. The summed E-state index contributed by atoms with van der Waals surface area (Å²) in [5.74, 6) is -0.391. The van der Waals surface area contributed by atoms with Crippen LogP contribution in [-0.4, -0.2) is 44.8 Å². The van der Waals surface area contributed by atoms with Gasteiger partial charge < -0.3 is 15.2 Å². The number of amides is 2. The van der Waals surface area contributed by atoms with Crippen molar-refractivity contribution < 1.29 is 31.7 Å². The van der Waals surface area contributed by atoms with Crippen molar-refractivity contribution in [3.63, 3.8) is 0 Å². The number of hydrogen-bond donors (Lipinski definition) is 2. The topological polar surface area (TPSA) is 115 Å². The molecule has 2 aromatic heterocycles. The van der Waals surface area contributed by atoms with Gasteiger partial charge in [-0.05, 0) is 49.9 Å². The maximum atomic E-state index is 13.5.